The zero-order chi connectivity index (χ0) is 29.1. The third kappa shape index (κ3) is 18.7. The first-order valence-electron chi connectivity index (χ1n) is 12.9. The van der Waals surface area contributed by atoms with Crippen LogP contribution >= 0.6 is 21.6 Å². The van der Waals surface area contributed by atoms with Gasteiger partial charge in [0.25, 0.3) is 11.9 Å². The molecule has 218 valence electrons. The SMILES string of the molecule is CC(C)(C)OC(CSSCC(OC(C)(C)C)(OC(C)(C)C)OC(C)(C)C)(OC(C)(C)C)OC(C)(C)C. The van der Waals surface area contributed by atoms with Crippen molar-refractivity contribution in [3.63, 3.8) is 0 Å². The summed E-state index contributed by atoms with van der Waals surface area (Å²) in [6.45, 7) is 36.1. The Balaban J connectivity index is 6.06. The molecule has 0 fully saturated rings. The minimum absolute atomic E-state index is 0.431. The Morgan fingerprint density at radius 2 is 0.444 bits per heavy atom. The van der Waals surface area contributed by atoms with E-state index in [0.717, 1.165) is 0 Å². The van der Waals surface area contributed by atoms with Crippen LogP contribution in [0.3, 0.4) is 0 Å². The van der Waals surface area contributed by atoms with Crippen LogP contribution in [0.25, 0.3) is 0 Å². The summed E-state index contributed by atoms with van der Waals surface area (Å²) in [4.78, 5) is 0. The van der Waals surface area contributed by atoms with Gasteiger partial charge in [-0.05, 0) is 125 Å². The predicted molar refractivity (Wildman–Crippen MR) is 155 cm³/mol. The summed E-state index contributed by atoms with van der Waals surface area (Å²) >= 11 is 0. The third-order valence-electron chi connectivity index (χ3n) is 3.32. The monoisotopic (exact) mass is 554 g/mol. The van der Waals surface area contributed by atoms with Crippen LogP contribution < -0.4 is 0 Å². The van der Waals surface area contributed by atoms with Crippen molar-refractivity contribution in [1.82, 2.24) is 0 Å². The van der Waals surface area contributed by atoms with Gasteiger partial charge in [-0.1, -0.05) is 21.6 Å². The lowest BCUT2D eigenvalue weighted by molar-refractivity contribution is -0.436. The molecule has 0 aromatic rings. The van der Waals surface area contributed by atoms with E-state index in [1.807, 2.05) is 125 Å². The first-order valence-corrected chi connectivity index (χ1v) is 15.4. The molecule has 0 spiro atoms. The van der Waals surface area contributed by atoms with Gasteiger partial charge in [0.05, 0.1) is 45.1 Å². The molecule has 36 heavy (non-hydrogen) atoms. The van der Waals surface area contributed by atoms with Gasteiger partial charge in [0, 0.05) is 0 Å². The molecule has 0 atom stereocenters. The summed E-state index contributed by atoms with van der Waals surface area (Å²) in [7, 11) is 3.18. The van der Waals surface area contributed by atoms with Crippen molar-refractivity contribution in [3.05, 3.63) is 0 Å². The molecular formula is C28H58O6S2. The molecule has 0 aliphatic heterocycles. The van der Waals surface area contributed by atoms with Gasteiger partial charge in [-0.2, -0.15) is 0 Å². The van der Waals surface area contributed by atoms with Crippen LogP contribution in [0, 0.1) is 0 Å². The molecule has 0 saturated heterocycles. The maximum atomic E-state index is 6.48. The molecule has 0 amide bonds. The molecule has 0 aliphatic rings. The molecule has 0 unspecified atom stereocenters. The van der Waals surface area contributed by atoms with Gasteiger partial charge in [-0.25, -0.2) is 0 Å². The maximum Gasteiger partial charge on any atom is 0.294 e. The van der Waals surface area contributed by atoms with Crippen LogP contribution in [0.15, 0.2) is 0 Å². The Kier molecular flexibility index (Phi) is 12.5. The topological polar surface area (TPSA) is 55.4 Å². The van der Waals surface area contributed by atoms with Crippen LogP contribution in [0.4, 0.5) is 0 Å². The van der Waals surface area contributed by atoms with E-state index in [-0.39, 0.29) is 0 Å². The van der Waals surface area contributed by atoms with Crippen LogP contribution in [-0.2, 0) is 28.4 Å². The minimum atomic E-state index is -1.25. The molecule has 0 radical (unpaired) electrons. The molecule has 0 rings (SSSR count). The molecule has 0 aromatic carbocycles. The molecule has 0 saturated carbocycles. The molecule has 6 nitrogen and oxygen atoms in total. The van der Waals surface area contributed by atoms with E-state index in [2.05, 4.69) is 0 Å². The summed E-state index contributed by atoms with van der Waals surface area (Å²) in [6, 6.07) is 0. The zero-order valence-corrected chi connectivity index (χ0v) is 28.3. The summed E-state index contributed by atoms with van der Waals surface area (Å²) in [5.41, 5.74) is -2.88. The van der Waals surface area contributed by atoms with Crippen LogP contribution in [0.5, 0.6) is 0 Å². The Bertz CT molecular complexity index is 513. The van der Waals surface area contributed by atoms with Crippen molar-refractivity contribution in [2.75, 3.05) is 11.5 Å². The van der Waals surface area contributed by atoms with Gasteiger partial charge in [0.2, 0.25) is 0 Å². The fraction of sp³-hybridized carbons (Fsp3) is 1.00. The quantitative estimate of drug-likeness (QED) is 0.143. The molecule has 8 heteroatoms. The van der Waals surface area contributed by atoms with E-state index in [4.69, 9.17) is 28.4 Å². The van der Waals surface area contributed by atoms with E-state index in [1.54, 1.807) is 21.6 Å². The van der Waals surface area contributed by atoms with E-state index >= 15 is 0 Å². The molecular weight excluding hydrogens is 496 g/mol. The first-order chi connectivity index (χ1) is 15.4. The van der Waals surface area contributed by atoms with Crippen LogP contribution in [0.1, 0.15) is 125 Å². The molecule has 0 N–H and O–H groups in total. The Morgan fingerprint density at radius 3 is 0.556 bits per heavy atom. The second kappa shape index (κ2) is 12.3. The van der Waals surface area contributed by atoms with E-state index < -0.39 is 45.6 Å². The van der Waals surface area contributed by atoms with E-state index in [1.165, 1.54) is 0 Å². The first kappa shape index (κ1) is 36.5. The fourth-order valence-electron chi connectivity index (χ4n) is 3.33. The summed E-state index contributed by atoms with van der Waals surface area (Å²) in [5.74, 6) is -1.65. The van der Waals surface area contributed by atoms with Crippen LogP contribution in [-0.4, -0.2) is 57.1 Å². The number of ether oxygens (including phenoxy) is 6. The Morgan fingerprint density at radius 1 is 0.306 bits per heavy atom. The second-order valence-electron chi connectivity index (χ2n) is 15.2. The van der Waals surface area contributed by atoms with Crippen LogP contribution in [0.2, 0.25) is 0 Å². The van der Waals surface area contributed by atoms with Gasteiger partial charge in [0.15, 0.2) is 0 Å². The predicted octanol–water partition coefficient (Wildman–Crippen LogP) is 8.57. The third-order valence-corrected chi connectivity index (χ3v) is 5.64. The average molecular weight is 555 g/mol. The average Bonchev–Trinajstić information content (AvgIpc) is 2.40. The molecule has 0 aliphatic carbocycles. The highest BCUT2D eigenvalue weighted by Gasteiger charge is 2.47. The van der Waals surface area contributed by atoms with Crippen molar-refractivity contribution in [2.45, 2.75) is 170 Å². The lowest BCUT2D eigenvalue weighted by Crippen LogP contribution is -2.54. The molecule has 0 aromatic heterocycles. The highest BCUT2D eigenvalue weighted by molar-refractivity contribution is 8.76. The number of rotatable bonds is 11. The maximum absolute atomic E-state index is 6.48. The Labute approximate surface area is 231 Å². The zero-order valence-electron chi connectivity index (χ0n) is 26.7. The lowest BCUT2D eigenvalue weighted by Gasteiger charge is -2.46. The van der Waals surface area contributed by atoms with Gasteiger partial charge in [-0.3, -0.25) is 0 Å². The highest BCUT2D eigenvalue weighted by Crippen LogP contribution is 2.41. The van der Waals surface area contributed by atoms with Crippen molar-refractivity contribution in [3.8, 4) is 0 Å². The van der Waals surface area contributed by atoms with Crippen molar-refractivity contribution < 1.29 is 28.4 Å². The summed E-state index contributed by atoms with van der Waals surface area (Å²) < 4.78 is 38.9. The van der Waals surface area contributed by atoms with Crippen molar-refractivity contribution in [2.24, 2.45) is 0 Å². The van der Waals surface area contributed by atoms with E-state index in [9.17, 15) is 0 Å². The van der Waals surface area contributed by atoms with Crippen molar-refractivity contribution in [1.29, 1.82) is 0 Å². The minimum Gasteiger partial charge on any atom is -0.321 e. The lowest BCUT2D eigenvalue weighted by atomic mass is 10.1. The number of hydrogen-bond acceptors (Lipinski definition) is 8. The largest absolute Gasteiger partial charge is 0.321 e. The number of hydrogen-bond donors (Lipinski definition) is 0. The highest BCUT2D eigenvalue weighted by atomic mass is 33.1. The fourth-order valence-corrected chi connectivity index (χ4v) is 5.50. The van der Waals surface area contributed by atoms with Gasteiger partial charge < -0.3 is 28.4 Å². The van der Waals surface area contributed by atoms with Gasteiger partial charge >= 0.3 is 0 Å². The normalized spacial score (nSPS) is 15.5. The standard InChI is InChI=1S/C28H58O6S2/c1-21(2,3)29-27(30-22(4,5)6,31-23(7,8)9)19-35-36-20-28(32-24(10,11)12,33-25(13,14)15)34-26(16,17)18/h19-20H2,1-18H3. The van der Waals surface area contributed by atoms with Crippen molar-refractivity contribution >= 4 is 21.6 Å². The van der Waals surface area contributed by atoms with Gasteiger partial charge in [0.1, 0.15) is 0 Å². The van der Waals surface area contributed by atoms with Gasteiger partial charge in [-0.15, -0.1) is 0 Å². The van der Waals surface area contributed by atoms with E-state index in [0.29, 0.717) is 11.5 Å². The molecule has 0 bridgehead atoms. The smallest absolute Gasteiger partial charge is 0.294 e. The Hall–Kier alpha value is 0.460. The summed E-state index contributed by atoms with van der Waals surface area (Å²) in [5, 5.41) is 0. The second-order valence-corrected chi connectivity index (χ2v) is 17.6. The summed E-state index contributed by atoms with van der Waals surface area (Å²) in [6.07, 6.45) is 0. The molecule has 0 heterocycles.